The van der Waals surface area contributed by atoms with Crippen LogP contribution in [0.4, 0.5) is 11.6 Å². The van der Waals surface area contributed by atoms with Gasteiger partial charge >= 0.3 is 0 Å². The van der Waals surface area contributed by atoms with Gasteiger partial charge in [0, 0.05) is 65.7 Å². The maximum absolute atomic E-state index is 13.0. The molecule has 2 aromatic heterocycles. The van der Waals surface area contributed by atoms with Crippen molar-refractivity contribution in [1.82, 2.24) is 24.8 Å². The van der Waals surface area contributed by atoms with Crippen molar-refractivity contribution in [3.8, 4) is 11.3 Å². The number of rotatable bonds is 9. The predicted octanol–water partition coefficient (Wildman–Crippen LogP) is 5.50. The van der Waals surface area contributed by atoms with Crippen LogP contribution < -0.4 is 16.0 Å². The number of amides is 2. The number of nitrogens with one attached hydrogen (secondary N) is 3. The predicted molar refractivity (Wildman–Crippen MR) is 169 cm³/mol. The Labute approximate surface area is 251 Å². The minimum absolute atomic E-state index is 0.0230. The molecule has 1 aliphatic rings. The molecule has 2 aromatic carbocycles. The Bertz CT molecular complexity index is 1600. The van der Waals surface area contributed by atoms with E-state index in [1.54, 1.807) is 36.5 Å². The lowest BCUT2D eigenvalue weighted by Crippen LogP contribution is -2.42. The van der Waals surface area contributed by atoms with Crippen molar-refractivity contribution in [1.29, 1.82) is 0 Å². The average Bonchev–Trinajstić information content (AvgIpc) is 3.30. The summed E-state index contributed by atoms with van der Waals surface area (Å²) >= 11 is 6.55. The quantitative estimate of drug-likeness (QED) is 0.224. The smallest absolute Gasteiger partial charge is 0.251 e. The first-order valence-electron chi connectivity index (χ1n) is 14.1. The molecule has 1 aliphatic carbocycles. The van der Waals surface area contributed by atoms with Gasteiger partial charge in [-0.15, -0.1) is 0 Å². The minimum Gasteiger partial charge on any atom is -0.351 e. The molecule has 5 rings (SSSR count). The minimum atomic E-state index is -0.205. The lowest BCUT2D eigenvalue weighted by Gasteiger charge is -2.30. The highest BCUT2D eigenvalue weighted by Crippen LogP contribution is 2.34. The molecule has 1 saturated carbocycles. The molecule has 0 spiro atoms. The monoisotopic (exact) mass is 585 g/mol. The fourth-order valence-electron chi connectivity index (χ4n) is 5.32. The summed E-state index contributed by atoms with van der Waals surface area (Å²) in [4.78, 5) is 36.3. The van der Waals surface area contributed by atoms with E-state index in [0.717, 1.165) is 42.1 Å². The number of anilines is 2. The molecule has 0 unspecified atom stereocenters. The van der Waals surface area contributed by atoms with Gasteiger partial charge in [0.25, 0.3) is 5.91 Å². The van der Waals surface area contributed by atoms with Crippen molar-refractivity contribution in [3.05, 3.63) is 83.7 Å². The maximum Gasteiger partial charge on any atom is 0.251 e. The normalized spacial score (nSPS) is 17.1. The van der Waals surface area contributed by atoms with Crippen molar-refractivity contribution < 1.29 is 9.59 Å². The number of nitrogens with zero attached hydrogens (tertiary/aromatic N) is 4. The lowest BCUT2D eigenvalue weighted by molar-refractivity contribution is -0.111. The largest absolute Gasteiger partial charge is 0.351 e. The Hall–Kier alpha value is -4.21. The van der Waals surface area contributed by atoms with Crippen molar-refractivity contribution in [2.24, 2.45) is 7.05 Å². The van der Waals surface area contributed by atoms with Crippen LogP contribution in [0, 0.1) is 0 Å². The van der Waals surface area contributed by atoms with Crippen molar-refractivity contribution in [3.63, 3.8) is 0 Å². The fraction of sp³-hybridized carbons (Fsp3) is 0.312. The first-order valence-corrected chi connectivity index (χ1v) is 14.5. The van der Waals surface area contributed by atoms with Crippen molar-refractivity contribution >= 4 is 46.0 Å². The Balaban J connectivity index is 1.19. The fourth-order valence-corrected chi connectivity index (χ4v) is 5.51. The summed E-state index contributed by atoms with van der Waals surface area (Å²) in [6.07, 6.45) is 10.6. The van der Waals surface area contributed by atoms with Gasteiger partial charge in [0.1, 0.15) is 0 Å². The van der Waals surface area contributed by atoms with Crippen LogP contribution in [-0.2, 0) is 11.8 Å². The van der Waals surface area contributed by atoms with Crippen LogP contribution >= 0.6 is 11.6 Å². The van der Waals surface area contributed by atoms with Gasteiger partial charge in [0.15, 0.2) is 0 Å². The topological polar surface area (TPSA) is 104 Å². The summed E-state index contributed by atoms with van der Waals surface area (Å²) in [5.41, 5.74) is 3.94. The molecule has 2 amide bonds. The van der Waals surface area contributed by atoms with E-state index in [1.807, 2.05) is 44.4 Å². The zero-order valence-electron chi connectivity index (χ0n) is 24.1. The molecule has 1 fully saturated rings. The first kappa shape index (κ1) is 29.3. The van der Waals surface area contributed by atoms with E-state index in [1.165, 1.54) is 6.08 Å². The highest BCUT2D eigenvalue weighted by molar-refractivity contribution is 6.33. The molecule has 2 atom stereocenters. The van der Waals surface area contributed by atoms with E-state index in [0.29, 0.717) is 34.5 Å². The van der Waals surface area contributed by atoms with Crippen molar-refractivity contribution in [2.75, 3.05) is 31.3 Å². The number of hydrogen-bond donors (Lipinski definition) is 3. The van der Waals surface area contributed by atoms with E-state index < -0.39 is 0 Å². The third-order valence-electron chi connectivity index (χ3n) is 7.39. The van der Waals surface area contributed by atoms with Crippen molar-refractivity contribution in [2.45, 2.75) is 37.8 Å². The molecule has 0 radical (unpaired) electrons. The van der Waals surface area contributed by atoms with Gasteiger partial charge in [-0.1, -0.05) is 35.9 Å². The van der Waals surface area contributed by atoms with E-state index in [2.05, 4.69) is 37.6 Å². The van der Waals surface area contributed by atoms with Gasteiger partial charge < -0.3 is 25.4 Å². The van der Waals surface area contributed by atoms with E-state index >= 15 is 0 Å². The number of halogens is 1. The molecule has 9 nitrogen and oxygen atoms in total. The van der Waals surface area contributed by atoms with Crippen LogP contribution in [0.1, 0.15) is 36.0 Å². The van der Waals surface area contributed by atoms with Crippen LogP contribution in [0.15, 0.2) is 73.1 Å². The van der Waals surface area contributed by atoms with Gasteiger partial charge in [-0.05, 0) is 70.1 Å². The molecule has 218 valence electrons. The molecule has 0 aliphatic heterocycles. The average molecular weight is 586 g/mol. The van der Waals surface area contributed by atoms with Gasteiger partial charge in [-0.25, -0.2) is 9.97 Å². The van der Waals surface area contributed by atoms with E-state index in [9.17, 15) is 9.59 Å². The van der Waals surface area contributed by atoms with E-state index in [-0.39, 0.29) is 23.9 Å². The number of hydrogen-bond acceptors (Lipinski definition) is 6. The second kappa shape index (κ2) is 13.2. The summed E-state index contributed by atoms with van der Waals surface area (Å²) in [7, 11) is 5.88. The first-order chi connectivity index (χ1) is 20.3. The maximum atomic E-state index is 13.0. The van der Waals surface area contributed by atoms with Crippen LogP contribution in [-0.4, -0.2) is 64.0 Å². The van der Waals surface area contributed by atoms with E-state index in [4.69, 9.17) is 16.6 Å². The molecular formula is C32H36ClN7O2. The number of aryl methyl sites for hydroxylation is 1. The number of carbonyl (C=O) groups excluding carboxylic acids is 2. The zero-order valence-corrected chi connectivity index (χ0v) is 24.9. The number of benzene rings is 2. The lowest BCUT2D eigenvalue weighted by atomic mass is 9.91. The zero-order chi connectivity index (χ0) is 29.6. The molecule has 2 heterocycles. The molecule has 3 N–H and O–H groups in total. The molecule has 42 heavy (non-hydrogen) atoms. The summed E-state index contributed by atoms with van der Waals surface area (Å²) in [5, 5.41) is 11.0. The second-order valence-electron chi connectivity index (χ2n) is 11.0. The Morgan fingerprint density at radius 3 is 2.64 bits per heavy atom. The highest BCUT2D eigenvalue weighted by atomic mass is 35.5. The van der Waals surface area contributed by atoms with Crippen LogP contribution in [0.25, 0.3) is 22.2 Å². The van der Waals surface area contributed by atoms with Gasteiger partial charge in [0.05, 0.1) is 16.9 Å². The summed E-state index contributed by atoms with van der Waals surface area (Å²) in [6, 6.07) is 15.2. The third kappa shape index (κ3) is 7.16. The Morgan fingerprint density at radius 1 is 1.10 bits per heavy atom. The molecule has 0 saturated heterocycles. The van der Waals surface area contributed by atoms with Crippen LogP contribution in [0.5, 0.6) is 0 Å². The van der Waals surface area contributed by atoms with Crippen LogP contribution in [0.3, 0.4) is 0 Å². The number of fused-ring (bicyclic) bond motifs is 1. The Morgan fingerprint density at radius 2 is 1.86 bits per heavy atom. The molecule has 10 heteroatoms. The number of likely N-dealkylation sites (N-methyl/N-ethyl adjacent to an activating group) is 1. The summed E-state index contributed by atoms with van der Waals surface area (Å²) in [5.74, 6) is 0.183. The number of aromatic nitrogens is 3. The summed E-state index contributed by atoms with van der Waals surface area (Å²) in [6.45, 7) is 0.683. The highest BCUT2D eigenvalue weighted by Gasteiger charge is 2.25. The molecule has 4 aromatic rings. The molecular weight excluding hydrogens is 550 g/mol. The van der Waals surface area contributed by atoms with Gasteiger partial charge in [-0.2, -0.15) is 0 Å². The van der Waals surface area contributed by atoms with Gasteiger partial charge in [-0.3, -0.25) is 9.59 Å². The second-order valence-corrected chi connectivity index (χ2v) is 11.4. The SMILES string of the molecule is CN(C)C/C=C/C(=O)Nc1ccc(C(=O)N[C@H]2CCC[C@@H](Nc3ncc(Cl)c(-c4cn(C)c5ccccc45)n3)C2)cc1. The van der Waals surface area contributed by atoms with Gasteiger partial charge in [0.2, 0.25) is 11.9 Å². The molecule has 0 bridgehead atoms. The third-order valence-corrected chi connectivity index (χ3v) is 7.67. The summed E-state index contributed by atoms with van der Waals surface area (Å²) < 4.78 is 2.07. The standard InChI is InChI=1S/C32H36ClN7O2/c1-39(2)17-7-12-29(41)35-22-15-13-21(14-16-22)31(42)36-23-8-6-9-24(18-23)37-32-34-19-27(33)30(38-32)26-20-40(3)28-11-5-4-10-25(26)28/h4-5,7,10-16,19-20,23-24H,6,8-9,17-18H2,1-3H3,(H,35,41)(H,36,42)(H,34,37,38)/b12-7+/t23-,24+/m0/s1. The Kier molecular flexibility index (Phi) is 9.19. The number of carbonyl (C=O) groups is 2. The number of para-hydroxylation sites is 1. The van der Waals surface area contributed by atoms with Crippen LogP contribution in [0.2, 0.25) is 5.02 Å².